The third-order valence-corrected chi connectivity index (χ3v) is 2.53. The molecule has 0 aliphatic heterocycles. The second-order valence-corrected chi connectivity index (χ2v) is 4.34. The number of ether oxygens (including phenoxy) is 1. The molecule has 0 spiro atoms. The van der Waals surface area contributed by atoms with Gasteiger partial charge in [-0.3, -0.25) is 5.41 Å². The van der Waals surface area contributed by atoms with E-state index in [0.29, 0.717) is 21.5 Å². The first-order valence-corrected chi connectivity index (χ1v) is 5.75. The third-order valence-electron chi connectivity index (χ3n) is 2.09. The van der Waals surface area contributed by atoms with E-state index < -0.39 is 0 Å². The van der Waals surface area contributed by atoms with Gasteiger partial charge in [-0.05, 0) is 30.3 Å². The van der Waals surface area contributed by atoms with Gasteiger partial charge in [-0.1, -0.05) is 23.2 Å². The maximum absolute atomic E-state index is 7.41. The number of halogens is 2. The SMILES string of the molecule is N=C(N)c1ncccc1Oc1cc(Cl)cc(Cl)c1. The molecule has 0 bridgehead atoms. The molecule has 1 aromatic carbocycles. The van der Waals surface area contributed by atoms with Crippen molar-refractivity contribution in [3.63, 3.8) is 0 Å². The van der Waals surface area contributed by atoms with Crippen molar-refractivity contribution in [3.8, 4) is 11.5 Å². The Morgan fingerprint density at radius 2 is 1.89 bits per heavy atom. The van der Waals surface area contributed by atoms with Gasteiger partial charge in [0.25, 0.3) is 0 Å². The number of nitrogens with two attached hydrogens (primary N) is 1. The molecule has 0 aliphatic carbocycles. The Morgan fingerprint density at radius 1 is 1.22 bits per heavy atom. The fraction of sp³-hybridized carbons (Fsp3) is 0. The Kier molecular flexibility index (Phi) is 3.69. The summed E-state index contributed by atoms with van der Waals surface area (Å²) in [5.41, 5.74) is 5.69. The lowest BCUT2D eigenvalue weighted by Crippen LogP contribution is -2.14. The minimum atomic E-state index is -0.168. The van der Waals surface area contributed by atoms with E-state index >= 15 is 0 Å². The maximum atomic E-state index is 7.41. The number of hydrogen-bond acceptors (Lipinski definition) is 3. The average molecular weight is 282 g/mol. The number of pyridine rings is 1. The van der Waals surface area contributed by atoms with Crippen LogP contribution in [0.1, 0.15) is 5.69 Å². The number of aromatic nitrogens is 1. The van der Waals surface area contributed by atoms with Crippen molar-refractivity contribution in [2.75, 3.05) is 0 Å². The largest absolute Gasteiger partial charge is 0.455 e. The fourth-order valence-electron chi connectivity index (χ4n) is 1.39. The number of rotatable bonds is 3. The second kappa shape index (κ2) is 5.25. The minimum Gasteiger partial charge on any atom is -0.455 e. The van der Waals surface area contributed by atoms with Gasteiger partial charge in [0.05, 0.1) is 0 Å². The second-order valence-electron chi connectivity index (χ2n) is 3.47. The molecule has 1 heterocycles. The summed E-state index contributed by atoms with van der Waals surface area (Å²) in [4.78, 5) is 3.98. The molecule has 18 heavy (non-hydrogen) atoms. The number of nitrogens with one attached hydrogen (secondary N) is 1. The molecule has 0 saturated carbocycles. The lowest BCUT2D eigenvalue weighted by Gasteiger charge is -2.09. The summed E-state index contributed by atoms with van der Waals surface area (Å²) in [6.45, 7) is 0. The maximum Gasteiger partial charge on any atom is 0.156 e. The van der Waals surface area contributed by atoms with Crippen molar-refractivity contribution < 1.29 is 4.74 Å². The molecule has 2 aromatic rings. The van der Waals surface area contributed by atoms with E-state index in [1.807, 2.05) is 0 Å². The van der Waals surface area contributed by atoms with Crippen LogP contribution in [0.4, 0.5) is 0 Å². The van der Waals surface area contributed by atoms with Crippen LogP contribution in [0.5, 0.6) is 11.5 Å². The van der Waals surface area contributed by atoms with Gasteiger partial charge in [0, 0.05) is 16.2 Å². The molecule has 3 N–H and O–H groups in total. The first-order valence-electron chi connectivity index (χ1n) is 4.99. The molecule has 0 unspecified atom stereocenters. The molecule has 0 atom stereocenters. The van der Waals surface area contributed by atoms with Gasteiger partial charge in [0.1, 0.15) is 17.3 Å². The van der Waals surface area contributed by atoms with Crippen molar-refractivity contribution in [1.82, 2.24) is 4.98 Å². The van der Waals surface area contributed by atoms with Gasteiger partial charge in [0.15, 0.2) is 5.75 Å². The Hall–Kier alpha value is -1.78. The zero-order valence-electron chi connectivity index (χ0n) is 9.15. The molecule has 6 heteroatoms. The van der Waals surface area contributed by atoms with Crippen LogP contribution >= 0.6 is 23.2 Å². The number of hydrogen-bond donors (Lipinski definition) is 2. The van der Waals surface area contributed by atoms with Gasteiger partial charge in [-0.15, -0.1) is 0 Å². The van der Waals surface area contributed by atoms with Crippen LogP contribution < -0.4 is 10.5 Å². The predicted molar refractivity (Wildman–Crippen MR) is 71.8 cm³/mol. The van der Waals surface area contributed by atoms with E-state index in [4.69, 9.17) is 39.1 Å². The van der Waals surface area contributed by atoms with Crippen molar-refractivity contribution in [1.29, 1.82) is 5.41 Å². The van der Waals surface area contributed by atoms with Gasteiger partial charge in [0.2, 0.25) is 0 Å². The highest BCUT2D eigenvalue weighted by Crippen LogP contribution is 2.29. The Morgan fingerprint density at radius 3 is 2.50 bits per heavy atom. The highest BCUT2D eigenvalue weighted by molar-refractivity contribution is 6.34. The standard InChI is InChI=1S/C12H9Cl2N3O/c13-7-4-8(14)6-9(5-7)18-10-2-1-3-17-11(10)12(15)16/h1-6H,(H3,15,16). The number of nitrogens with zero attached hydrogens (tertiary/aromatic N) is 1. The third kappa shape index (κ3) is 2.91. The van der Waals surface area contributed by atoms with E-state index in [-0.39, 0.29) is 11.5 Å². The summed E-state index contributed by atoms with van der Waals surface area (Å²) >= 11 is 11.7. The van der Waals surface area contributed by atoms with E-state index in [2.05, 4.69) is 4.98 Å². The molecule has 0 fully saturated rings. The molecule has 2 rings (SSSR count). The molecular formula is C12H9Cl2N3O. The summed E-state index contributed by atoms with van der Waals surface area (Å²) in [5.74, 6) is 0.671. The fourth-order valence-corrected chi connectivity index (χ4v) is 1.90. The van der Waals surface area contributed by atoms with Gasteiger partial charge in [-0.25, -0.2) is 4.98 Å². The lowest BCUT2D eigenvalue weighted by molar-refractivity contribution is 0.479. The van der Waals surface area contributed by atoms with Crippen molar-refractivity contribution in [3.05, 3.63) is 52.3 Å². The van der Waals surface area contributed by atoms with Crippen LogP contribution in [0, 0.1) is 5.41 Å². The topological polar surface area (TPSA) is 72.0 Å². The van der Waals surface area contributed by atoms with Crippen LogP contribution in [-0.4, -0.2) is 10.8 Å². The average Bonchev–Trinajstić information content (AvgIpc) is 2.27. The van der Waals surface area contributed by atoms with Gasteiger partial charge < -0.3 is 10.5 Å². The number of benzene rings is 1. The van der Waals surface area contributed by atoms with E-state index in [1.165, 1.54) is 6.20 Å². The smallest absolute Gasteiger partial charge is 0.156 e. The molecule has 4 nitrogen and oxygen atoms in total. The Labute approximate surface area is 114 Å². The molecule has 0 radical (unpaired) electrons. The molecule has 92 valence electrons. The van der Waals surface area contributed by atoms with E-state index in [0.717, 1.165) is 0 Å². The predicted octanol–water partition coefficient (Wildman–Crippen LogP) is 3.46. The lowest BCUT2D eigenvalue weighted by atomic mass is 10.3. The number of amidine groups is 1. The van der Waals surface area contributed by atoms with Crippen molar-refractivity contribution >= 4 is 29.0 Å². The summed E-state index contributed by atoms with van der Waals surface area (Å²) in [7, 11) is 0. The van der Waals surface area contributed by atoms with Crippen LogP contribution in [-0.2, 0) is 0 Å². The van der Waals surface area contributed by atoms with Gasteiger partial charge >= 0.3 is 0 Å². The Bertz CT molecular complexity index is 581. The minimum absolute atomic E-state index is 0.168. The highest BCUT2D eigenvalue weighted by atomic mass is 35.5. The Balaban J connectivity index is 2.37. The highest BCUT2D eigenvalue weighted by Gasteiger charge is 2.09. The van der Waals surface area contributed by atoms with Crippen LogP contribution in [0.25, 0.3) is 0 Å². The monoisotopic (exact) mass is 281 g/mol. The van der Waals surface area contributed by atoms with Crippen molar-refractivity contribution in [2.24, 2.45) is 5.73 Å². The summed E-state index contributed by atoms with van der Waals surface area (Å²) < 4.78 is 5.58. The van der Waals surface area contributed by atoms with Crippen LogP contribution in [0.3, 0.4) is 0 Å². The van der Waals surface area contributed by atoms with Gasteiger partial charge in [-0.2, -0.15) is 0 Å². The molecule has 1 aromatic heterocycles. The van der Waals surface area contributed by atoms with Crippen LogP contribution in [0.2, 0.25) is 10.0 Å². The summed E-state index contributed by atoms with van der Waals surface area (Å²) in [6, 6.07) is 8.19. The molecule has 0 aliphatic rings. The van der Waals surface area contributed by atoms with Crippen LogP contribution in [0.15, 0.2) is 36.5 Å². The number of nitrogen functional groups attached to an aromatic ring is 1. The van der Waals surface area contributed by atoms with Crippen molar-refractivity contribution in [2.45, 2.75) is 0 Å². The molecular weight excluding hydrogens is 273 g/mol. The first kappa shape index (κ1) is 12.7. The first-order chi connectivity index (χ1) is 8.56. The van der Waals surface area contributed by atoms with E-state index in [9.17, 15) is 0 Å². The zero-order valence-corrected chi connectivity index (χ0v) is 10.7. The summed E-state index contributed by atoms with van der Waals surface area (Å²) in [6.07, 6.45) is 1.54. The summed E-state index contributed by atoms with van der Waals surface area (Å²) in [5, 5.41) is 8.34. The van der Waals surface area contributed by atoms with E-state index in [1.54, 1.807) is 30.3 Å². The molecule has 0 saturated heterocycles. The quantitative estimate of drug-likeness (QED) is 0.668. The molecule has 0 amide bonds. The zero-order chi connectivity index (χ0) is 13.1. The normalized spacial score (nSPS) is 10.1.